The molecule has 3 nitrogen and oxygen atoms in total. The first kappa shape index (κ1) is 13.2. The first-order chi connectivity index (χ1) is 9.78. The van der Waals surface area contributed by atoms with Gasteiger partial charge in [-0.1, -0.05) is 36.7 Å². The van der Waals surface area contributed by atoms with Crippen LogP contribution in [0.5, 0.6) is 0 Å². The monoisotopic (exact) mass is 286 g/mol. The van der Waals surface area contributed by atoms with Gasteiger partial charge in [-0.3, -0.25) is 0 Å². The molecular weight excluding hydrogens is 272 g/mol. The van der Waals surface area contributed by atoms with Crippen LogP contribution in [-0.4, -0.2) is 11.5 Å². The van der Waals surface area contributed by atoms with Crippen molar-refractivity contribution in [2.24, 2.45) is 0 Å². The van der Waals surface area contributed by atoms with Gasteiger partial charge in [-0.2, -0.15) is 0 Å². The summed E-state index contributed by atoms with van der Waals surface area (Å²) in [6.07, 6.45) is 0. The van der Waals surface area contributed by atoms with Crippen LogP contribution in [0.25, 0.3) is 22.6 Å². The maximum atomic E-state index is 6.18. The summed E-state index contributed by atoms with van der Waals surface area (Å²) in [6, 6.07) is 13.6. The topological polar surface area (TPSA) is 38.1 Å². The maximum Gasteiger partial charge on any atom is 0.228 e. The van der Waals surface area contributed by atoms with Crippen LogP contribution < -0.4 is 5.32 Å². The molecule has 20 heavy (non-hydrogen) atoms. The second kappa shape index (κ2) is 5.65. The lowest BCUT2D eigenvalue weighted by molar-refractivity contribution is 0.619. The molecule has 4 heteroatoms. The summed E-state index contributed by atoms with van der Waals surface area (Å²) in [7, 11) is 0. The van der Waals surface area contributed by atoms with Gasteiger partial charge in [0.05, 0.1) is 10.6 Å². The Balaban J connectivity index is 2.00. The number of benzene rings is 2. The zero-order valence-electron chi connectivity index (χ0n) is 11.2. The summed E-state index contributed by atoms with van der Waals surface area (Å²) in [4.78, 5) is 4.53. The Kier molecular flexibility index (Phi) is 3.72. The lowest BCUT2D eigenvalue weighted by Gasteiger charge is -2.00. The van der Waals surface area contributed by atoms with Crippen LogP contribution >= 0.6 is 11.6 Å². The predicted molar refractivity (Wildman–Crippen MR) is 81.8 cm³/mol. The number of halogens is 1. The zero-order chi connectivity index (χ0) is 13.9. The summed E-state index contributed by atoms with van der Waals surface area (Å²) in [5.74, 6) is 0.561. The van der Waals surface area contributed by atoms with Gasteiger partial charge in [-0.15, -0.1) is 0 Å². The number of fused-ring (bicyclic) bond motifs is 1. The van der Waals surface area contributed by atoms with Crippen molar-refractivity contribution in [2.45, 2.75) is 13.5 Å². The fraction of sp³-hybridized carbons (Fsp3) is 0.188. The fourth-order valence-corrected chi connectivity index (χ4v) is 2.32. The van der Waals surface area contributed by atoms with Crippen LogP contribution in [0.4, 0.5) is 0 Å². The molecule has 1 heterocycles. The second-order valence-corrected chi connectivity index (χ2v) is 4.99. The maximum absolute atomic E-state index is 6.18. The molecule has 0 aliphatic carbocycles. The third kappa shape index (κ3) is 2.55. The Morgan fingerprint density at radius 1 is 1.20 bits per heavy atom. The number of nitrogens with one attached hydrogen (secondary N) is 1. The molecule has 0 aliphatic rings. The third-order valence-corrected chi connectivity index (χ3v) is 3.46. The Labute approximate surface area is 122 Å². The molecule has 1 N–H and O–H groups in total. The van der Waals surface area contributed by atoms with Crippen molar-refractivity contribution in [3.8, 4) is 11.5 Å². The molecule has 0 saturated carbocycles. The van der Waals surface area contributed by atoms with Gasteiger partial charge in [0.25, 0.3) is 0 Å². The highest BCUT2D eigenvalue weighted by atomic mass is 35.5. The number of hydrogen-bond acceptors (Lipinski definition) is 3. The first-order valence-corrected chi connectivity index (χ1v) is 7.01. The van der Waals surface area contributed by atoms with Crippen LogP contribution in [0.15, 0.2) is 46.9 Å². The van der Waals surface area contributed by atoms with E-state index in [1.165, 1.54) is 5.56 Å². The molecule has 0 bridgehead atoms. The normalized spacial score (nSPS) is 11.1. The van der Waals surface area contributed by atoms with E-state index < -0.39 is 0 Å². The minimum absolute atomic E-state index is 0.561. The van der Waals surface area contributed by atoms with Crippen LogP contribution in [-0.2, 0) is 6.54 Å². The van der Waals surface area contributed by atoms with E-state index in [9.17, 15) is 0 Å². The van der Waals surface area contributed by atoms with E-state index in [2.05, 4.69) is 17.2 Å². The summed E-state index contributed by atoms with van der Waals surface area (Å²) >= 11 is 6.18. The minimum atomic E-state index is 0.561. The molecule has 0 spiro atoms. The van der Waals surface area contributed by atoms with Crippen LogP contribution in [0.2, 0.25) is 5.02 Å². The fourth-order valence-electron chi connectivity index (χ4n) is 2.10. The van der Waals surface area contributed by atoms with Crippen molar-refractivity contribution < 1.29 is 4.42 Å². The van der Waals surface area contributed by atoms with E-state index in [0.29, 0.717) is 10.9 Å². The lowest BCUT2D eigenvalue weighted by atomic mass is 10.2. The summed E-state index contributed by atoms with van der Waals surface area (Å²) in [5.41, 5.74) is 3.65. The molecule has 0 amide bonds. The molecule has 3 aromatic rings. The molecule has 0 atom stereocenters. The van der Waals surface area contributed by atoms with Gasteiger partial charge in [0.1, 0.15) is 5.52 Å². The Morgan fingerprint density at radius 3 is 2.85 bits per heavy atom. The summed E-state index contributed by atoms with van der Waals surface area (Å²) < 4.78 is 5.78. The van der Waals surface area contributed by atoms with Gasteiger partial charge >= 0.3 is 0 Å². The number of aromatic nitrogens is 1. The predicted octanol–water partition coefficient (Wildman–Crippen LogP) is 4.26. The number of rotatable bonds is 4. The average molecular weight is 287 g/mol. The van der Waals surface area contributed by atoms with Gasteiger partial charge in [0, 0.05) is 6.54 Å². The van der Waals surface area contributed by atoms with Crippen molar-refractivity contribution in [1.82, 2.24) is 10.3 Å². The van der Waals surface area contributed by atoms with E-state index in [-0.39, 0.29) is 0 Å². The molecule has 3 rings (SSSR count). The van der Waals surface area contributed by atoms with Gasteiger partial charge < -0.3 is 9.73 Å². The largest absolute Gasteiger partial charge is 0.436 e. The smallest absolute Gasteiger partial charge is 0.228 e. The Morgan fingerprint density at radius 2 is 2.05 bits per heavy atom. The Hall–Kier alpha value is -1.84. The molecule has 1 aromatic heterocycles. The third-order valence-electron chi connectivity index (χ3n) is 3.14. The minimum Gasteiger partial charge on any atom is -0.436 e. The van der Waals surface area contributed by atoms with E-state index in [0.717, 1.165) is 29.8 Å². The molecule has 0 saturated heterocycles. The molecular formula is C16H15ClN2O. The van der Waals surface area contributed by atoms with Crippen molar-refractivity contribution in [1.29, 1.82) is 0 Å². The zero-order valence-corrected chi connectivity index (χ0v) is 11.9. The van der Waals surface area contributed by atoms with E-state index >= 15 is 0 Å². The number of oxazole rings is 1. The standard InChI is InChI=1S/C16H15ClN2O/c1-2-18-10-11-7-8-15-14(9-11)19-16(20-15)12-5-3-4-6-13(12)17/h3-9,18H,2,10H2,1H3. The van der Waals surface area contributed by atoms with Crippen LogP contribution in [0.3, 0.4) is 0 Å². The van der Waals surface area contributed by atoms with Crippen molar-refractivity contribution in [3.63, 3.8) is 0 Å². The van der Waals surface area contributed by atoms with E-state index in [1.54, 1.807) is 0 Å². The second-order valence-electron chi connectivity index (χ2n) is 4.58. The summed E-state index contributed by atoms with van der Waals surface area (Å²) in [5, 5.41) is 3.94. The average Bonchev–Trinajstić information content (AvgIpc) is 2.88. The van der Waals surface area contributed by atoms with Gasteiger partial charge in [0.2, 0.25) is 5.89 Å². The van der Waals surface area contributed by atoms with Gasteiger partial charge in [-0.05, 0) is 36.4 Å². The van der Waals surface area contributed by atoms with Crippen molar-refractivity contribution in [3.05, 3.63) is 53.1 Å². The molecule has 0 unspecified atom stereocenters. The van der Waals surface area contributed by atoms with Crippen LogP contribution in [0, 0.1) is 0 Å². The Bertz CT molecular complexity index is 736. The first-order valence-electron chi connectivity index (χ1n) is 6.63. The highest BCUT2D eigenvalue weighted by Crippen LogP contribution is 2.29. The number of hydrogen-bond donors (Lipinski definition) is 1. The van der Waals surface area contributed by atoms with Crippen molar-refractivity contribution in [2.75, 3.05) is 6.54 Å². The summed E-state index contributed by atoms with van der Waals surface area (Å²) in [6.45, 7) is 3.87. The molecule has 0 radical (unpaired) electrons. The molecule has 0 aliphatic heterocycles. The SMILES string of the molecule is CCNCc1ccc2oc(-c3ccccc3Cl)nc2c1. The quantitative estimate of drug-likeness (QED) is 0.779. The van der Waals surface area contributed by atoms with E-state index in [1.807, 2.05) is 42.5 Å². The molecule has 0 fully saturated rings. The van der Waals surface area contributed by atoms with Crippen LogP contribution in [0.1, 0.15) is 12.5 Å². The van der Waals surface area contributed by atoms with E-state index in [4.69, 9.17) is 16.0 Å². The van der Waals surface area contributed by atoms with Gasteiger partial charge in [0.15, 0.2) is 5.58 Å². The molecule has 2 aromatic carbocycles. The van der Waals surface area contributed by atoms with Crippen molar-refractivity contribution >= 4 is 22.7 Å². The number of nitrogens with zero attached hydrogens (tertiary/aromatic N) is 1. The highest BCUT2D eigenvalue weighted by molar-refractivity contribution is 6.33. The lowest BCUT2D eigenvalue weighted by Crippen LogP contribution is -2.11. The molecule has 102 valence electrons. The highest BCUT2D eigenvalue weighted by Gasteiger charge is 2.11. The van der Waals surface area contributed by atoms with Gasteiger partial charge in [-0.25, -0.2) is 4.98 Å².